The maximum Gasteiger partial charge on any atom is 0.239 e. The number of nitrogens with two attached hydrogens (primary N) is 1. The fourth-order valence-electron chi connectivity index (χ4n) is 6.23. The molecule has 43 heavy (non-hydrogen) atoms. The van der Waals surface area contributed by atoms with Crippen molar-refractivity contribution in [1.29, 1.82) is 0 Å². The van der Waals surface area contributed by atoms with Gasteiger partial charge < -0.3 is 20.9 Å². The lowest BCUT2D eigenvalue weighted by Crippen LogP contribution is -2.53. The average Bonchev–Trinajstić information content (AvgIpc) is 3.37. The predicted octanol–water partition coefficient (Wildman–Crippen LogP) is 3.81. The first kappa shape index (κ1) is 30.4. The van der Waals surface area contributed by atoms with E-state index >= 15 is 0 Å². The summed E-state index contributed by atoms with van der Waals surface area (Å²) in [6.45, 7) is 4.08. The molecule has 4 N–H and O–H groups in total. The third kappa shape index (κ3) is 7.32. The monoisotopic (exact) mass is 581 g/mol. The van der Waals surface area contributed by atoms with Crippen LogP contribution in [0.5, 0.6) is 0 Å². The van der Waals surface area contributed by atoms with Crippen LogP contribution in [0.3, 0.4) is 0 Å². The standard InChI is InChI=1S/C35H43N5O3/c1-2-25-11-9-16-28(23-25)40-22-18-29(34(40)42)33(41)38-32-19-21-39(35(43)31(37-32)17-10-20-36)24-30(26-12-5-3-6-13-26)27-14-7-4-8-15-27/h3-9,11-16,23,29-32,37H,2,10,17-22,24,36H2,1H3,(H,38,41)/t29?,31-,32-/m0/s1. The maximum absolute atomic E-state index is 13.9. The van der Waals surface area contributed by atoms with E-state index < -0.39 is 18.1 Å². The minimum Gasteiger partial charge on any atom is -0.340 e. The molecule has 2 aliphatic rings. The molecule has 2 fully saturated rings. The highest BCUT2D eigenvalue weighted by molar-refractivity contribution is 6.09. The van der Waals surface area contributed by atoms with Crippen LogP contribution in [-0.2, 0) is 20.8 Å². The second-order valence-electron chi connectivity index (χ2n) is 11.5. The van der Waals surface area contributed by atoms with E-state index in [1.807, 2.05) is 65.6 Å². The van der Waals surface area contributed by atoms with E-state index in [0.29, 0.717) is 51.9 Å². The number of anilines is 1. The van der Waals surface area contributed by atoms with Gasteiger partial charge in [-0.1, -0.05) is 79.7 Å². The van der Waals surface area contributed by atoms with Crippen molar-refractivity contribution < 1.29 is 14.4 Å². The van der Waals surface area contributed by atoms with Gasteiger partial charge in [0.1, 0.15) is 5.92 Å². The topological polar surface area (TPSA) is 108 Å². The molecule has 0 bridgehead atoms. The van der Waals surface area contributed by atoms with Crippen LogP contribution in [0.1, 0.15) is 55.2 Å². The van der Waals surface area contributed by atoms with E-state index in [0.717, 1.165) is 28.8 Å². The van der Waals surface area contributed by atoms with Crippen molar-refractivity contribution in [3.05, 3.63) is 102 Å². The average molecular weight is 582 g/mol. The molecule has 8 heteroatoms. The third-order valence-electron chi connectivity index (χ3n) is 8.67. The molecule has 3 aromatic carbocycles. The summed E-state index contributed by atoms with van der Waals surface area (Å²) in [5, 5.41) is 6.49. The summed E-state index contributed by atoms with van der Waals surface area (Å²) in [6, 6.07) is 28.0. The van der Waals surface area contributed by atoms with Gasteiger partial charge in [-0.05, 0) is 67.5 Å². The Hall–Kier alpha value is -4.01. The Balaban J connectivity index is 1.29. The molecule has 0 aromatic heterocycles. The molecule has 0 radical (unpaired) electrons. The Morgan fingerprint density at radius 2 is 1.63 bits per heavy atom. The smallest absolute Gasteiger partial charge is 0.239 e. The Kier molecular flexibility index (Phi) is 10.2. The van der Waals surface area contributed by atoms with Crippen molar-refractivity contribution in [1.82, 2.24) is 15.5 Å². The van der Waals surface area contributed by atoms with Gasteiger partial charge in [0.05, 0.1) is 12.2 Å². The minimum absolute atomic E-state index is 0.0148. The maximum atomic E-state index is 13.9. The lowest BCUT2D eigenvalue weighted by Gasteiger charge is -2.29. The van der Waals surface area contributed by atoms with Gasteiger partial charge in [0.15, 0.2) is 0 Å². The minimum atomic E-state index is -0.745. The Bertz CT molecular complexity index is 1340. The van der Waals surface area contributed by atoms with Gasteiger partial charge >= 0.3 is 0 Å². The molecule has 0 aliphatic carbocycles. The fraction of sp³-hybridized carbons (Fsp3) is 0.400. The van der Waals surface area contributed by atoms with Crippen molar-refractivity contribution in [2.45, 2.75) is 57.2 Å². The van der Waals surface area contributed by atoms with Crippen LogP contribution in [0.15, 0.2) is 84.9 Å². The molecule has 2 aliphatic heterocycles. The third-order valence-corrected chi connectivity index (χ3v) is 8.67. The van der Waals surface area contributed by atoms with E-state index in [9.17, 15) is 14.4 Å². The molecule has 8 nitrogen and oxygen atoms in total. The van der Waals surface area contributed by atoms with Crippen LogP contribution < -0.4 is 21.3 Å². The number of aryl methyl sites for hydroxylation is 1. The first-order valence-corrected chi connectivity index (χ1v) is 15.5. The summed E-state index contributed by atoms with van der Waals surface area (Å²) >= 11 is 0. The number of hydrogen-bond donors (Lipinski definition) is 3. The van der Waals surface area contributed by atoms with E-state index in [-0.39, 0.29) is 23.6 Å². The number of rotatable bonds is 11. The molecule has 226 valence electrons. The number of hydrogen-bond acceptors (Lipinski definition) is 5. The zero-order chi connectivity index (χ0) is 30.2. The highest BCUT2D eigenvalue weighted by Gasteiger charge is 2.39. The van der Waals surface area contributed by atoms with Gasteiger partial charge in [0, 0.05) is 31.2 Å². The van der Waals surface area contributed by atoms with Crippen molar-refractivity contribution in [3.8, 4) is 0 Å². The largest absolute Gasteiger partial charge is 0.340 e. The second kappa shape index (κ2) is 14.4. The first-order valence-electron chi connectivity index (χ1n) is 15.5. The molecule has 3 aromatic rings. The van der Waals surface area contributed by atoms with E-state index in [2.05, 4.69) is 41.8 Å². The SMILES string of the molecule is CCc1cccc(N2CCC(C(=O)N[C@H]3CCN(CC(c4ccccc4)c4ccccc4)C(=O)[C@H](CCCN)N3)C2=O)c1. The van der Waals surface area contributed by atoms with Crippen LogP contribution in [0.4, 0.5) is 5.69 Å². The van der Waals surface area contributed by atoms with Crippen molar-refractivity contribution in [2.75, 3.05) is 31.1 Å². The van der Waals surface area contributed by atoms with Gasteiger partial charge in [-0.3, -0.25) is 19.7 Å². The number of nitrogens with zero attached hydrogens (tertiary/aromatic N) is 2. The van der Waals surface area contributed by atoms with Crippen LogP contribution >= 0.6 is 0 Å². The molecule has 2 heterocycles. The summed E-state index contributed by atoms with van der Waals surface area (Å²) in [7, 11) is 0. The zero-order valence-electron chi connectivity index (χ0n) is 25.0. The predicted molar refractivity (Wildman–Crippen MR) is 169 cm³/mol. The van der Waals surface area contributed by atoms with Gasteiger partial charge in [-0.25, -0.2) is 0 Å². The molecule has 3 amide bonds. The highest BCUT2D eigenvalue weighted by Crippen LogP contribution is 2.28. The molecule has 1 unspecified atom stereocenters. The highest BCUT2D eigenvalue weighted by atomic mass is 16.2. The summed E-state index contributed by atoms with van der Waals surface area (Å²) < 4.78 is 0. The van der Waals surface area contributed by atoms with E-state index in [4.69, 9.17) is 5.73 Å². The molecule has 2 saturated heterocycles. The normalized spacial score (nSPS) is 20.9. The van der Waals surface area contributed by atoms with Crippen molar-refractivity contribution >= 4 is 23.4 Å². The number of carbonyl (C=O) groups excluding carboxylic acids is 3. The van der Waals surface area contributed by atoms with E-state index in [1.165, 1.54) is 0 Å². The molecular formula is C35H43N5O3. The van der Waals surface area contributed by atoms with Crippen molar-refractivity contribution in [3.63, 3.8) is 0 Å². The summed E-state index contributed by atoms with van der Waals surface area (Å²) in [5.41, 5.74) is 10.1. The molecule has 5 rings (SSSR count). The Morgan fingerprint density at radius 3 is 2.28 bits per heavy atom. The van der Waals surface area contributed by atoms with Crippen LogP contribution in [0, 0.1) is 5.92 Å². The lowest BCUT2D eigenvalue weighted by molar-refractivity contribution is -0.134. The van der Waals surface area contributed by atoms with Gasteiger partial charge in [-0.15, -0.1) is 0 Å². The number of carbonyl (C=O) groups is 3. The van der Waals surface area contributed by atoms with E-state index in [1.54, 1.807) is 4.90 Å². The van der Waals surface area contributed by atoms with Crippen LogP contribution in [0.25, 0.3) is 0 Å². The first-order chi connectivity index (χ1) is 21.0. The Labute approximate surface area is 254 Å². The van der Waals surface area contributed by atoms with Crippen molar-refractivity contribution in [2.24, 2.45) is 11.7 Å². The number of amides is 3. The van der Waals surface area contributed by atoms with Crippen LogP contribution in [-0.4, -0.2) is 61.0 Å². The quantitative estimate of drug-likeness (QED) is 0.299. The lowest BCUT2D eigenvalue weighted by atomic mass is 9.90. The number of benzene rings is 3. The van der Waals surface area contributed by atoms with Gasteiger partial charge in [-0.2, -0.15) is 0 Å². The molecular weight excluding hydrogens is 538 g/mol. The zero-order valence-corrected chi connectivity index (χ0v) is 25.0. The fourth-order valence-corrected chi connectivity index (χ4v) is 6.23. The Morgan fingerprint density at radius 1 is 0.930 bits per heavy atom. The molecule has 3 atom stereocenters. The molecule has 0 spiro atoms. The summed E-state index contributed by atoms with van der Waals surface area (Å²) in [6.07, 6.45) is 2.71. The summed E-state index contributed by atoms with van der Waals surface area (Å²) in [4.78, 5) is 44.3. The number of nitrogens with one attached hydrogen (secondary N) is 2. The van der Waals surface area contributed by atoms with Gasteiger partial charge in [0.25, 0.3) is 0 Å². The second-order valence-corrected chi connectivity index (χ2v) is 11.5. The summed E-state index contributed by atoms with van der Waals surface area (Å²) in [5.74, 6) is -1.18. The van der Waals surface area contributed by atoms with Gasteiger partial charge in [0.2, 0.25) is 17.7 Å². The molecule has 0 saturated carbocycles. The van der Waals surface area contributed by atoms with Crippen LogP contribution in [0.2, 0.25) is 0 Å².